The third-order valence-electron chi connectivity index (χ3n) is 1.59. The summed E-state index contributed by atoms with van der Waals surface area (Å²) in [7, 11) is 0. The number of hydrogen-bond acceptors (Lipinski definition) is 5. The monoisotopic (exact) mass is 209 g/mol. The van der Waals surface area contributed by atoms with Gasteiger partial charge in [-0.3, -0.25) is 14.9 Å². The highest BCUT2D eigenvalue weighted by Crippen LogP contribution is 2.28. The summed E-state index contributed by atoms with van der Waals surface area (Å²) in [6.07, 6.45) is 0. The van der Waals surface area contributed by atoms with Crippen molar-refractivity contribution in [1.29, 1.82) is 0 Å². The van der Waals surface area contributed by atoms with Crippen LogP contribution in [0, 0.1) is 15.0 Å². The van der Waals surface area contributed by atoms with Gasteiger partial charge in [-0.25, -0.2) is 0 Å². The van der Waals surface area contributed by atoms with E-state index in [9.17, 15) is 19.8 Å². The van der Waals surface area contributed by atoms with Crippen LogP contribution in [0.1, 0.15) is 6.92 Å². The molecule has 0 unspecified atom stereocenters. The molecular weight excluding hydrogens is 202 g/mol. The van der Waals surface area contributed by atoms with Crippen LogP contribution in [0.15, 0.2) is 23.4 Å². The number of nitrogens with zero attached hydrogens (tertiary/aromatic N) is 2. The lowest BCUT2D eigenvalue weighted by Gasteiger charge is -2.02. The maximum atomic E-state index is 10.7. The summed E-state index contributed by atoms with van der Waals surface area (Å²) in [5.74, 6) is -0.426. The van der Waals surface area contributed by atoms with Crippen molar-refractivity contribution in [1.82, 2.24) is 0 Å². The van der Waals surface area contributed by atoms with E-state index in [1.807, 2.05) is 0 Å². The number of carbonyl (C=O) groups excluding carboxylic acids is 1. The predicted molar refractivity (Wildman–Crippen MR) is 52.9 cm³/mol. The zero-order valence-electron chi connectivity index (χ0n) is 7.76. The number of anilines is 1. The molecule has 1 aromatic carbocycles. The minimum absolute atomic E-state index is 0.0416. The topological polar surface area (TPSA) is 102 Å². The van der Waals surface area contributed by atoms with Crippen LogP contribution in [0.5, 0.6) is 0 Å². The highest BCUT2D eigenvalue weighted by molar-refractivity contribution is 5.91. The van der Waals surface area contributed by atoms with Crippen LogP contribution in [-0.2, 0) is 4.79 Å². The average molecular weight is 209 g/mol. The molecule has 0 fully saturated rings. The van der Waals surface area contributed by atoms with Crippen molar-refractivity contribution in [3.8, 4) is 0 Å². The molecule has 1 rings (SSSR count). The number of benzene rings is 1. The van der Waals surface area contributed by atoms with Crippen molar-refractivity contribution < 1.29 is 9.72 Å². The van der Waals surface area contributed by atoms with Crippen molar-refractivity contribution in [2.45, 2.75) is 6.92 Å². The number of hydrogen-bond donors (Lipinski definition) is 1. The molecule has 1 amide bonds. The molecule has 0 radical (unpaired) electrons. The van der Waals surface area contributed by atoms with Gasteiger partial charge in [-0.2, -0.15) is 0 Å². The Morgan fingerprint density at radius 1 is 1.53 bits per heavy atom. The van der Waals surface area contributed by atoms with Gasteiger partial charge in [-0.15, -0.1) is 4.91 Å². The van der Waals surface area contributed by atoms with Crippen LogP contribution in [-0.4, -0.2) is 10.8 Å². The smallest absolute Gasteiger partial charge is 0.295 e. The molecule has 7 nitrogen and oxygen atoms in total. The van der Waals surface area contributed by atoms with Crippen LogP contribution in [0.2, 0.25) is 0 Å². The summed E-state index contributed by atoms with van der Waals surface area (Å²) in [4.78, 5) is 30.8. The first-order valence-electron chi connectivity index (χ1n) is 3.94. The number of amides is 1. The molecule has 0 saturated heterocycles. The van der Waals surface area contributed by atoms with E-state index in [2.05, 4.69) is 10.5 Å². The maximum Gasteiger partial charge on any atom is 0.295 e. The van der Waals surface area contributed by atoms with E-state index in [4.69, 9.17) is 0 Å². The number of carbonyl (C=O) groups is 1. The molecule has 0 heterocycles. The van der Waals surface area contributed by atoms with Crippen LogP contribution in [0.3, 0.4) is 0 Å². The second kappa shape index (κ2) is 4.27. The number of rotatable bonds is 3. The van der Waals surface area contributed by atoms with E-state index in [-0.39, 0.29) is 17.1 Å². The van der Waals surface area contributed by atoms with Crippen molar-refractivity contribution in [3.05, 3.63) is 33.2 Å². The molecular formula is C8H7N3O4. The Kier molecular flexibility index (Phi) is 3.06. The van der Waals surface area contributed by atoms with Crippen molar-refractivity contribution in [3.63, 3.8) is 0 Å². The number of nitroso groups, excluding NO2 is 1. The van der Waals surface area contributed by atoms with Gasteiger partial charge in [0, 0.05) is 13.0 Å². The molecule has 1 N–H and O–H groups in total. The lowest BCUT2D eigenvalue weighted by Crippen LogP contribution is -2.07. The van der Waals surface area contributed by atoms with E-state index in [1.54, 1.807) is 0 Å². The first-order chi connectivity index (χ1) is 7.04. The van der Waals surface area contributed by atoms with Gasteiger partial charge < -0.3 is 5.32 Å². The Morgan fingerprint density at radius 2 is 2.20 bits per heavy atom. The van der Waals surface area contributed by atoms with E-state index < -0.39 is 10.8 Å². The van der Waals surface area contributed by atoms with Gasteiger partial charge in [0.2, 0.25) is 5.91 Å². The molecule has 0 spiro atoms. The molecule has 1 aromatic rings. The highest BCUT2D eigenvalue weighted by atomic mass is 16.6. The lowest BCUT2D eigenvalue weighted by atomic mass is 10.2. The quantitative estimate of drug-likeness (QED) is 0.466. The number of nitro benzene ring substituents is 1. The zero-order chi connectivity index (χ0) is 11.4. The minimum atomic E-state index is -0.694. The summed E-state index contributed by atoms with van der Waals surface area (Å²) in [5.41, 5.74) is -0.377. The van der Waals surface area contributed by atoms with Crippen LogP contribution < -0.4 is 5.32 Å². The van der Waals surface area contributed by atoms with E-state index in [0.29, 0.717) is 0 Å². The summed E-state index contributed by atoms with van der Waals surface area (Å²) in [6, 6.07) is 3.54. The molecule has 0 saturated carbocycles. The van der Waals surface area contributed by atoms with Crippen LogP contribution in [0.25, 0.3) is 0 Å². The predicted octanol–water partition coefficient (Wildman–Crippen LogP) is 1.95. The SMILES string of the molecule is CC(=O)Nc1ccc(N=O)cc1[N+](=O)[O-]. The normalized spacial score (nSPS) is 9.40. The Balaban J connectivity index is 3.20. The fourth-order valence-electron chi connectivity index (χ4n) is 1.02. The van der Waals surface area contributed by atoms with Crippen LogP contribution in [0.4, 0.5) is 17.1 Å². The van der Waals surface area contributed by atoms with E-state index >= 15 is 0 Å². The first-order valence-corrected chi connectivity index (χ1v) is 3.94. The fourth-order valence-corrected chi connectivity index (χ4v) is 1.02. The largest absolute Gasteiger partial charge is 0.321 e. The van der Waals surface area contributed by atoms with Crippen molar-refractivity contribution >= 4 is 23.0 Å². The third-order valence-corrected chi connectivity index (χ3v) is 1.59. The van der Waals surface area contributed by atoms with E-state index in [0.717, 1.165) is 6.07 Å². The molecule has 78 valence electrons. The summed E-state index contributed by atoms with van der Waals surface area (Å²) in [5, 5.41) is 15.4. The third kappa shape index (κ3) is 2.56. The molecule has 0 bridgehead atoms. The summed E-state index contributed by atoms with van der Waals surface area (Å²) < 4.78 is 0. The minimum Gasteiger partial charge on any atom is -0.321 e. The fraction of sp³-hybridized carbons (Fsp3) is 0.125. The van der Waals surface area contributed by atoms with Gasteiger partial charge in [0.05, 0.1) is 4.92 Å². The van der Waals surface area contributed by atoms with Crippen molar-refractivity contribution in [2.24, 2.45) is 5.18 Å². The Morgan fingerprint density at radius 3 is 2.67 bits per heavy atom. The Hall–Kier alpha value is -2.31. The van der Waals surface area contributed by atoms with Gasteiger partial charge in [0.25, 0.3) is 5.69 Å². The van der Waals surface area contributed by atoms with Gasteiger partial charge in [-0.05, 0) is 17.3 Å². The second-order valence-electron chi connectivity index (χ2n) is 2.73. The van der Waals surface area contributed by atoms with Crippen molar-refractivity contribution in [2.75, 3.05) is 5.32 Å². The average Bonchev–Trinajstić information content (AvgIpc) is 2.17. The molecule has 7 heteroatoms. The Labute approximate surface area is 84.2 Å². The first kappa shape index (κ1) is 10.8. The summed E-state index contributed by atoms with van der Waals surface area (Å²) in [6.45, 7) is 1.23. The number of nitro groups is 1. The molecule has 0 aliphatic carbocycles. The highest BCUT2D eigenvalue weighted by Gasteiger charge is 2.15. The summed E-state index contributed by atoms with van der Waals surface area (Å²) >= 11 is 0. The molecule has 0 atom stereocenters. The van der Waals surface area contributed by atoms with Gasteiger partial charge in [0.15, 0.2) is 0 Å². The molecule has 0 aliphatic heterocycles. The van der Waals surface area contributed by atoms with Crippen LogP contribution >= 0.6 is 0 Å². The zero-order valence-corrected chi connectivity index (χ0v) is 7.76. The molecule has 0 aliphatic rings. The van der Waals surface area contributed by atoms with Gasteiger partial charge >= 0.3 is 0 Å². The van der Waals surface area contributed by atoms with Gasteiger partial charge in [-0.1, -0.05) is 0 Å². The maximum absolute atomic E-state index is 10.7. The Bertz CT molecular complexity index is 430. The van der Waals surface area contributed by atoms with Gasteiger partial charge in [0.1, 0.15) is 11.4 Å². The molecule has 0 aromatic heterocycles. The number of nitrogens with one attached hydrogen (secondary N) is 1. The standard InChI is InChI=1S/C8H7N3O4/c1-5(12)9-7-3-2-6(10-13)4-8(7)11(14)15/h2-4H,1H3,(H,9,12). The lowest BCUT2D eigenvalue weighted by molar-refractivity contribution is -0.383. The van der Waals surface area contributed by atoms with E-state index in [1.165, 1.54) is 19.1 Å². The second-order valence-corrected chi connectivity index (χ2v) is 2.73. The molecule has 15 heavy (non-hydrogen) atoms.